The Kier molecular flexibility index (Phi) is 2.73. The van der Waals surface area contributed by atoms with Crippen LogP contribution in [0.15, 0.2) is 30.3 Å². The zero-order valence-corrected chi connectivity index (χ0v) is 9.23. The number of hydrogen-bond donors (Lipinski definition) is 2. The highest BCUT2D eigenvalue weighted by atomic mass is 35.5. The third-order valence-corrected chi connectivity index (χ3v) is 2.78. The van der Waals surface area contributed by atoms with Gasteiger partial charge in [-0.1, -0.05) is 23.7 Å². The molecule has 0 aliphatic heterocycles. The molecule has 2 rings (SSSR count). The topological polar surface area (TPSA) is 74.6 Å². The van der Waals surface area contributed by atoms with Crippen molar-refractivity contribution in [1.82, 2.24) is 0 Å². The molecule has 4 nitrogen and oxygen atoms in total. The van der Waals surface area contributed by atoms with Crippen LogP contribution in [0.5, 0.6) is 0 Å². The molecule has 2 aromatic carbocycles. The van der Waals surface area contributed by atoms with Crippen molar-refractivity contribution in [3.8, 4) is 0 Å². The molecule has 0 aromatic heterocycles. The summed E-state index contributed by atoms with van der Waals surface area (Å²) in [6.45, 7) is 0. The molecule has 0 heterocycles. The molecular formula is C12H7ClO4. The van der Waals surface area contributed by atoms with Crippen LogP contribution in [-0.2, 0) is 0 Å². The molecule has 17 heavy (non-hydrogen) atoms. The number of rotatable bonds is 2. The van der Waals surface area contributed by atoms with Crippen LogP contribution < -0.4 is 0 Å². The van der Waals surface area contributed by atoms with Crippen molar-refractivity contribution in [3.05, 3.63) is 46.5 Å². The fraction of sp³-hybridized carbons (Fsp3) is 0. The van der Waals surface area contributed by atoms with Crippen LogP contribution in [0.2, 0.25) is 5.02 Å². The van der Waals surface area contributed by atoms with Gasteiger partial charge in [0.15, 0.2) is 0 Å². The summed E-state index contributed by atoms with van der Waals surface area (Å²) in [4.78, 5) is 22.1. The second-order valence-corrected chi connectivity index (χ2v) is 3.84. The van der Waals surface area contributed by atoms with Crippen LogP contribution in [0.4, 0.5) is 0 Å². The molecule has 0 amide bonds. The van der Waals surface area contributed by atoms with E-state index in [1.165, 1.54) is 24.3 Å². The Bertz CT molecular complexity index is 613. The summed E-state index contributed by atoms with van der Waals surface area (Å²) < 4.78 is 0. The zero-order chi connectivity index (χ0) is 12.6. The Labute approximate surface area is 101 Å². The van der Waals surface area contributed by atoms with E-state index >= 15 is 0 Å². The van der Waals surface area contributed by atoms with Crippen molar-refractivity contribution >= 4 is 34.3 Å². The molecule has 0 saturated carbocycles. The SMILES string of the molecule is O=C(O)c1cccc2c(Cl)ccc(C(=O)O)c12. The molecule has 0 bridgehead atoms. The van der Waals surface area contributed by atoms with Crippen molar-refractivity contribution in [3.63, 3.8) is 0 Å². The van der Waals surface area contributed by atoms with E-state index in [-0.39, 0.29) is 16.5 Å². The quantitative estimate of drug-likeness (QED) is 0.859. The van der Waals surface area contributed by atoms with Gasteiger partial charge in [-0.25, -0.2) is 9.59 Å². The predicted molar refractivity (Wildman–Crippen MR) is 62.9 cm³/mol. The van der Waals surface area contributed by atoms with Crippen LogP contribution in [0, 0.1) is 0 Å². The summed E-state index contributed by atoms with van der Waals surface area (Å²) in [5, 5.41) is 19.0. The monoisotopic (exact) mass is 250 g/mol. The summed E-state index contributed by atoms with van der Waals surface area (Å²) in [5.41, 5.74) is -0.134. The second kappa shape index (κ2) is 4.07. The second-order valence-electron chi connectivity index (χ2n) is 3.43. The van der Waals surface area contributed by atoms with E-state index in [2.05, 4.69) is 0 Å². The maximum absolute atomic E-state index is 11.1. The highest BCUT2D eigenvalue weighted by Crippen LogP contribution is 2.29. The first kappa shape index (κ1) is 11.4. The summed E-state index contributed by atoms with van der Waals surface area (Å²) in [6, 6.07) is 7.23. The molecule has 86 valence electrons. The molecule has 0 saturated heterocycles. The number of benzene rings is 2. The minimum absolute atomic E-state index is 0.0672. The number of aromatic carboxylic acids is 2. The third kappa shape index (κ3) is 1.83. The maximum atomic E-state index is 11.1. The van der Waals surface area contributed by atoms with Gasteiger partial charge in [0.05, 0.1) is 11.1 Å². The lowest BCUT2D eigenvalue weighted by Crippen LogP contribution is -2.04. The molecule has 0 fully saturated rings. The van der Waals surface area contributed by atoms with E-state index in [0.717, 1.165) is 0 Å². The Morgan fingerprint density at radius 2 is 1.53 bits per heavy atom. The van der Waals surface area contributed by atoms with Crippen LogP contribution in [0.1, 0.15) is 20.7 Å². The van der Waals surface area contributed by atoms with Crippen LogP contribution in [-0.4, -0.2) is 22.2 Å². The molecular weight excluding hydrogens is 244 g/mol. The van der Waals surface area contributed by atoms with Gasteiger partial charge < -0.3 is 10.2 Å². The van der Waals surface area contributed by atoms with Crippen molar-refractivity contribution < 1.29 is 19.8 Å². The van der Waals surface area contributed by atoms with Gasteiger partial charge in [0.2, 0.25) is 0 Å². The van der Waals surface area contributed by atoms with E-state index in [0.29, 0.717) is 10.4 Å². The van der Waals surface area contributed by atoms with Crippen molar-refractivity contribution in [2.45, 2.75) is 0 Å². The van der Waals surface area contributed by atoms with E-state index in [9.17, 15) is 9.59 Å². The van der Waals surface area contributed by atoms with Gasteiger partial charge in [0.25, 0.3) is 0 Å². The first-order chi connectivity index (χ1) is 8.02. The summed E-state index contributed by atoms with van der Waals surface area (Å²) in [6.07, 6.45) is 0. The average molecular weight is 251 g/mol. The van der Waals surface area contributed by atoms with Gasteiger partial charge in [-0.15, -0.1) is 0 Å². The molecule has 0 unspecified atom stereocenters. The average Bonchev–Trinajstić information content (AvgIpc) is 2.28. The fourth-order valence-electron chi connectivity index (χ4n) is 1.73. The van der Waals surface area contributed by atoms with E-state index in [4.69, 9.17) is 21.8 Å². The highest BCUT2D eigenvalue weighted by molar-refractivity contribution is 6.36. The minimum atomic E-state index is -1.18. The molecule has 0 radical (unpaired) electrons. The third-order valence-electron chi connectivity index (χ3n) is 2.45. The Hall–Kier alpha value is -2.07. The van der Waals surface area contributed by atoms with Crippen LogP contribution >= 0.6 is 11.6 Å². The maximum Gasteiger partial charge on any atom is 0.336 e. The molecule has 2 N–H and O–H groups in total. The predicted octanol–water partition coefficient (Wildman–Crippen LogP) is 2.89. The summed E-state index contributed by atoms with van der Waals surface area (Å²) >= 11 is 5.92. The summed E-state index contributed by atoms with van der Waals surface area (Å²) in [5.74, 6) is -2.36. The molecule has 2 aromatic rings. The molecule has 0 spiro atoms. The van der Waals surface area contributed by atoms with Crippen molar-refractivity contribution in [2.24, 2.45) is 0 Å². The number of halogens is 1. The summed E-state index contributed by atoms with van der Waals surface area (Å²) in [7, 11) is 0. The standard InChI is InChI=1S/C12H7ClO4/c13-9-5-4-8(12(16)17)10-6(9)2-1-3-7(10)11(14)15/h1-5H,(H,14,15)(H,16,17). The van der Waals surface area contributed by atoms with Crippen LogP contribution in [0.25, 0.3) is 10.8 Å². The van der Waals surface area contributed by atoms with Gasteiger partial charge in [0, 0.05) is 15.8 Å². The fourth-order valence-corrected chi connectivity index (χ4v) is 1.95. The Morgan fingerprint density at radius 3 is 2.12 bits per heavy atom. The number of carboxylic acids is 2. The zero-order valence-electron chi connectivity index (χ0n) is 8.48. The highest BCUT2D eigenvalue weighted by Gasteiger charge is 2.17. The van der Waals surface area contributed by atoms with Gasteiger partial charge >= 0.3 is 11.9 Å². The van der Waals surface area contributed by atoms with Crippen LogP contribution in [0.3, 0.4) is 0 Å². The number of carboxylic acid groups (broad SMARTS) is 2. The lowest BCUT2D eigenvalue weighted by molar-refractivity contribution is 0.0695. The van der Waals surface area contributed by atoms with E-state index in [1.54, 1.807) is 6.07 Å². The van der Waals surface area contributed by atoms with Gasteiger partial charge in [-0.05, 0) is 18.2 Å². The molecule has 0 atom stereocenters. The Balaban J connectivity index is 2.99. The number of carbonyl (C=O) groups is 2. The Morgan fingerprint density at radius 1 is 0.941 bits per heavy atom. The molecule has 5 heteroatoms. The van der Waals surface area contributed by atoms with Gasteiger partial charge in [-0.2, -0.15) is 0 Å². The molecule has 0 aliphatic carbocycles. The van der Waals surface area contributed by atoms with Crippen molar-refractivity contribution in [2.75, 3.05) is 0 Å². The number of hydrogen-bond acceptors (Lipinski definition) is 2. The minimum Gasteiger partial charge on any atom is -0.478 e. The van der Waals surface area contributed by atoms with E-state index in [1.807, 2.05) is 0 Å². The normalized spacial score (nSPS) is 10.4. The lowest BCUT2D eigenvalue weighted by Gasteiger charge is -2.07. The van der Waals surface area contributed by atoms with E-state index < -0.39 is 11.9 Å². The van der Waals surface area contributed by atoms with Gasteiger partial charge in [-0.3, -0.25) is 0 Å². The van der Waals surface area contributed by atoms with Crippen molar-refractivity contribution in [1.29, 1.82) is 0 Å². The lowest BCUT2D eigenvalue weighted by atomic mass is 9.99. The molecule has 0 aliphatic rings. The van der Waals surface area contributed by atoms with Gasteiger partial charge in [0.1, 0.15) is 0 Å². The first-order valence-corrected chi connectivity index (χ1v) is 5.08. The first-order valence-electron chi connectivity index (χ1n) is 4.70. The number of fused-ring (bicyclic) bond motifs is 1. The smallest absolute Gasteiger partial charge is 0.336 e. The largest absolute Gasteiger partial charge is 0.478 e.